The van der Waals surface area contributed by atoms with Crippen molar-refractivity contribution in [1.29, 1.82) is 0 Å². The molecule has 0 saturated carbocycles. The van der Waals surface area contributed by atoms with Gasteiger partial charge < -0.3 is 5.11 Å². The summed E-state index contributed by atoms with van der Waals surface area (Å²) < 4.78 is 0. The predicted octanol–water partition coefficient (Wildman–Crippen LogP) is 5.47. The van der Waals surface area contributed by atoms with Crippen LogP contribution in [0, 0.1) is 0 Å². The molecule has 2 aromatic carbocycles. The maximum absolute atomic E-state index is 10.9. The molecule has 0 radical (unpaired) electrons. The number of hydrogen-bond acceptors (Lipinski definition) is 1. The van der Waals surface area contributed by atoms with E-state index >= 15 is 0 Å². The van der Waals surface area contributed by atoms with Crippen LogP contribution >= 0.6 is 12.4 Å². The standard InChI is InChI=1S/C18H22O2.ClH/c1-2-3-4-5-6-7-14-8-9-16-13-17(18(19)20)11-10-15(16)12-14;/h8-13H,2-7H2,1H3,(H,19,20);1H. The van der Waals surface area contributed by atoms with Gasteiger partial charge in [0, 0.05) is 0 Å². The molecule has 2 nitrogen and oxygen atoms in total. The van der Waals surface area contributed by atoms with E-state index < -0.39 is 5.97 Å². The second kappa shape index (κ2) is 8.68. The van der Waals surface area contributed by atoms with Crippen LogP contribution in [0.15, 0.2) is 36.4 Å². The molecule has 3 heteroatoms. The van der Waals surface area contributed by atoms with Crippen molar-refractivity contribution in [2.45, 2.75) is 45.4 Å². The van der Waals surface area contributed by atoms with E-state index in [1.165, 1.54) is 37.7 Å². The summed E-state index contributed by atoms with van der Waals surface area (Å²) in [6, 6.07) is 11.6. The van der Waals surface area contributed by atoms with Gasteiger partial charge in [0.15, 0.2) is 0 Å². The van der Waals surface area contributed by atoms with Gasteiger partial charge in [-0.3, -0.25) is 0 Å². The van der Waals surface area contributed by atoms with Crippen molar-refractivity contribution >= 4 is 29.1 Å². The molecule has 0 aromatic heterocycles. The van der Waals surface area contributed by atoms with E-state index in [-0.39, 0.29) is 12.4 Å². The number of aromatic carboxylic acids is 1. The molecular weight excluding hydrogens is 284 g/mol. The Bertz CT molecular complexity index is 593. The number of halogens is 1. The lowest BCUT2D eigenvalue weighted by molar-refractivity contribution is 0.0697. The van der Waals surface area contributed by atoms with Gasteiger partial charge in [-0.25, -0.2) is 4.79 Å². The van der Waals surface area contributed by atoms with Gasteiger partial charge in [-0.1, -0.05) is 56.9 Å². The third-order valence-electron chi connectivity index (χ3n) is 3.72. The van der Waals surface area contributed by atoms with E-state index in [4.69, 9.17) is 5.11 Å². The monoisotopic (exact) mass is 306 g/mol. The Morgan fingerprint density at radius 1 is 0.952 bits per heavy atom. The van der Waals surface area contributed by atoms with Crippen LogP contribution in [0.4, 0.5) is 0 Å². The lowest BCUT2D eigenvalue weighted by Crippen LogP contribution is -1.95. The SMILES string of the molecule is CCCCCCCc1ccc2cc(C(=O)O)ccc2c1.Cl. The first-order valence-electron chi connectivity index (χ1n) is 7.46. The Balaban J connectivity index is 0.00000220. The molecule has 0 saturated heterocycles. The minimum atomic E-state index is -0.869. The van der Waals surface area contributed by atoms with Gasteiger partial charge in [0.25, 0.3) is 0 Å². The molecule has 1 N–H and O–H groups in total. The molecular formula is C18H23ClO2. The second-order valence-electron chi connectivity index (χ2n) is 5.37. The van der Waals surface area contributed by atoms with Gasteiger partial charge in [0.05, 0.1) is 5.56 Å². The lowest BCUT2D eigenvalue weighted by atomic mass is 10.0. The summed E-state index contributed by atoms with van der Waals surface area (Å²) in [4.78, 5) is 10.9. The molecule has 114 valence electrons. The maximum Gasteiger partial charge on any atom is 0.335 e. The zero-order valence-electron chi connectivity index (χ0n) is 12.5. The molecule has 2 rings (SSSR count). The molecule has 0 unspecified atom stereocenters. The van der Waals surface area contributed by atoms with Crippen LogP contribution in [0.2, 0.25) is 0 Å². The molecule has 0 fully saturated rings. The van der Waals surface area contributed by atoms with E-state index in [9.17, 15) is 4.79 Å². The number of hydrogen-bond donors (Lipinski definition) is 1. The Morgan fingerprint density at radius 3 is 2.33 bits per heavy atom. The quantitative estimate of drug-likeness (QED) is 0.688. The lowest BCUT2D eigenvalue weighted by Gasteiger charge is -2.05. The zero-order chi connectivity index (χ0) is 14.4. The highest BCUT2D eigenvalue weighted by Crippen LogP contribution is 2.19. The maximum atomic E-state index is 10.9. The summed E-state index contributed by atoms with van der Waals surface area (Å²) in [5, 5.41) is 11.1. The largest absolute Gasteiger partial charge is 0.478 e. The summed E-state index contributed by atoms with van der Waals surface area (Å²) in [6.07, 6.45) is 7.58. The normalized spacial score (nSPS) is 10.3. The van der Waals surface area contributed by atoms with Crippen LogP contribution in [0.25, 0.3) is 10.8 Å². The molecule has 0 aliphatic rings. The molecule has 21 heavy (non-hydrogen) atoms. The predicted molar refractivity (Wildman–Crippen MR) is 90.6 cm³/mol. The van der Waals surface area contributed by atoms with Crippen LogP contribution in [0.1, 0.15) is 54.9 Å². The topological polar surface area (TPSA) is 37.3 Å². The number of carboxylic acids is 1. The number of rotatable bonds is 7. The van der Waals surface area contributed by atoms with Gasteiger partial charge in [0.1, 0.15) is 0 Å². The Hall–Kier alpha value is -1.54. The minimum absolute atomic E-state index is 0. The number of carboxylic acid groups (broad SMARTS) is 1. The van der Waals surface area contributed by atoms with Crippen molar-refractivity contribution in [2.75, 3.05) is 0 Å². The first kappa shape index (κ1) is 17.5. The first-order chi connectivity index (χ1) is 9.70. The Morgan fingerprint density at radius 2 is 1.62 bits per heavy atom. The summed E-state index contributed by atoms with van der Waals surface area (Å²) >= 11 is 0. The van der Waals surface area contributed by atoms with Gasteiger partial charge in [0.2, 0.25) is 0 Å². The van der Waals surface area contributed by atoms with Crippen molar-refractivity contribution in [3.05, 3.63) is 47.5 Å². The van der Waals surface area contributed by atoms with Gasteiger partial charge in [-0.15, -0.1) is 12.4 Å². The highest BCUT2D eigenvalue weighted by Gasteiger charge is 2.04. The third-order valence-corrected chi connectivity index (χ3v) is 3.72. The Kier molecular flexibility index (Phi) is 7.24. The number of benzene rings is 2. The smallest absolute Gasteiger partial charge is 0.335 e. The molecule has 0 atom stereocenters. The molecule has 0 aliphatic carbocycles. The van der Waals surface area contributed by atoms with Gasteiger partial charge >= 0.3 is 5.97 Å². The van der Waals surface area contributed by atoms with Crippen molar-refractivity contribution < 1.29 is 9.90 Å². The van der Waals surface area contributed by atoms with Crippen molar-refractivity contribution in [1.82, 2.24) is 0 Å². The van der Waals surface area contributed by atoms with Crippen LogP contribution in [0.3, 0.4) is 0 Å². The van der Waals surface area contributed by atoms with E-state index in [1.54, 1.807) is 12.1 Å². The highest BCUT2D eigenvalue weighted by molar-refractivity contribution is 5.94. The summed E-state index contributed by atoms with van der Waals surface area (Å²) in [5.74, 6) is -0.869. The van der Waals surface area contributed by atoms with Crippen LogP contribution < -0.4 is 0 Å². The summed E-state index contributed by atoms with van der Waals surface area (Å²) in [7, 11) is 0. The summed E-state index contributed by atoms with van der Waals surface area (Å²) in [6.45, 7) is 2.23. The number of fused-ring (bicyclic) bond motifs is 1. The Labute approximate surface area is 132 Å². The van der Waals surface area contributed by atoms with Crippen molar-refractivity contribution in [2.24, 2.45) is 0 Å². The average molecular weight is 307 g/mol. The number of carbonyl (C=O) groups is 1. The second-order valence-corrected chi connectivity index (χ2v) is 5.37. The van der Waals surface area contributed by atoms with Gasteiger partial charge in [-0.2, -0.15) is 0 Å². The summed E-state index contributed by atoms with van der Waals surface area (Å²) in [5.41, 5.74) is 1.70. The van der Waals surface area contributed by atoms with Crippen LogP contribution in [-0.4, -0.2) is 11.1 Å². The number of aryl methyl sites for hydroxylation is 1. The van der Waals surface area contributed by atoms with Gasteiger partial charge in [-0.05, 0) is 41.3 Å². The molecule has 2 aromatic rings. The first-order valence-corrected chi connectivity index (χ1v) is 7.46. The van der Waals surface area contributed by atoms with Crippen LogP contribution in [-0.2, 0) is 6.42 Å². The molecule has 0 heterocycles. The van der Waals surface area contributed by atoms with E-state index in [0.29, 0.717) is 5.56 Å². The number of unbranched alkanes of at least 4 members (excludes halogenated alkanes) is 4. The average Bonchev–Trinajstić information content (AvgIpc) is 2.46. The molecule has 0 aliphatic heterocycles. The van der Waals surface area contributed by atoms with E-state index in [1.807, 2.05) is 12.1 Å². The minimum Gasteiger partial charge on any atom is -0.478 e. The molecule has 0 spiro atoms. The molecule has 0 amide bonds. The highest BCUT2D eigenvalue weighted by atomic mass is 35.5. The fourth-order valence-electron chi connectivity index (χ4n) is 2.52. The zero-order valence-corrected chi connectivity index (χ0v) is 13.3. The fraction of sp³-hybridized carbons (Fsp3) is 0.389. The third kappa shape index (κ3) is 5.05. The van der Waals surface area contributed by atoms with Crippen LogP contribution in [0.5, 0.6) is 0 Å². The fourth-order valence-corrected chi connectivity index (χ4v) is 2.52. The van der Waals surface area contributed by atoms with Crippen molar-refractivity contribution in [3.8, 4) is 0 Å². The van der Waals surface area contributed by atoms with E-state index in [2.05, 4.69) is 19.1 Å². The van der Waals surface area contributed by atoms with E-state index in [0.717, 1.165) is 17.2 Å². The van der Waals surface area contributed by atoms with Crippen molar-refractivity contribution in [3.63, 3.8) is 0 Å². The molecule has 0 bridgehead atoms.